The zero-order chi connectivity index (χ0) is 54.7. The Balaban J connectivity index is 0.000000738. The first kappa shape index (κ1) is 56.5. The summed E-state index contributed by atoms with van der Waals surface area (Å²) in [5.74, 6) is 0. The van der Waals surface area contributed by atoms with Crippen LogP contribution in [0.1, 0.15) is 38.5 Å². The van der Waals surface area contributed by atoms with Gasteiger partial charge in [0.1, 0.15) is 13.1 Å². The Morgan fingerprint density at radius 1 is 0.231 bits per heavy atom. The number of pyridine rings is 2. The Morgan fingerprint density at radius 3 is 0.667 bits per heavy atom. The van der Waals surface area contributed by atoms with Crippen LogP contribution in [0, 0.1) is 20.5 Å². The molecular formula is C66H58Cl2N2O8. The second kappa shape index (κ2) is 27.6. The van der Waals surface area contributed by atoms with Crippen molar-refractivity contribution in [3.63, 3.8) is 0 Å². The number of rotatable bonds is 17. The molecule has 0 fully saturated rings. The summed E-state index contributed by atoms with van der Waals surface area (Å²) in [6, 6.07) is 83.6. The first-order chi connectivity index (χ1) is 37.7. The van der Waals surface area contributed by atoms with Crippen LogP contribution < -0.4 is 46.4 Å². The molecule has 2 heterocycles. The van der Waals surface area contributed by atoms with Crippen molar-refractivity contribution in [3.05, 3.63) is 255 Å². The highest BCUT2D eigenvalue weighted by molar-refractivity contribution is 5.99. The van der Waals surface area contributed by atoms with E-state index in [1.807, 2.05) is 0 Å². The maximum Gasteiger partial charge on any atom is 0.169 e. The average molecular weight is 1080 g/mol. The van der Waals surface area contributed by atoms with E-state index in [9.17, 15) is 0 Å². The van der Waals surface area contributed by atoms with E-state index in [2.05, 4.69) is 264 Å². The number of unbranched alkanes of at least 4 members (excludes halogenated alkanes) is 5. The van der Waals surface area contributed by atoms with Gasteiger partial charge in [-0.3, -0.25) is 0 Å². The summed E-state index contributed by atoms with van der Waals surface area (Å²) in [5, 5.41) is 0. The van der Waals surface area contributed by atoms with E-state index in [1.165, 1.54) is 128 Å². The minimum absolute atomic E-state index is 1.03. The molecule has 10 rings (SSSR count). The first-order valence-corrected chi connectivity index (χ1v) is 28.1. The second-order valence-corrected chi connectivity index (χ2v) is 20.1. The van der Waals surface area contributed by atoms with Crippen LogP contribution in [-0.2, 0) is 13.1 Å². The fourth-order valence-corrected chi connectivity index (χ4v) is 9.72. The van der Waals surface area contributed by atoms with Crippen molar-refractivity contribution in [1.82, 2.24) is 0 Å². The van der Waals surface area contributed by atoms with Crippen molar-refractivity contribution in [1.29, 1.82) is 0 Å². The normalized spacial score (nSPS) is 11.2. The molecule has 0 saturated heterocycles. The van der Waals surface area contributed by atoms with Crippen molar-refractivity contribution in [2.24, 2.45) is 0 Å². The third kappa shape index (κ3) is 16.9. The molecule has 78 heavy (non-hydrogen) atoms. The Labute approximate surface area is 460 Å². The lowest BCUT2D eigenvalue weighted by Crippen LogP contribution is -2.68. The summed E-state index contributed by atoms with van der Waals surface area (Å²) < 4.78 is 72.7. The molecule has 0 bridgehead atoms. The number of aryl methyl sites for hydroxylation is 2. The number of benzene rings is 8. The third-order valence-corrected chi connectivity index (χ3v) is 13.3. The summed E-state index contributed by atoms with van der Waals surface area (Å²) >= 11 is 0. The molecule has 0 N–H and O–H groups in total. The largest absolute Gasteiger partial charge is 0.222 e. The van der Waals surface area contributed by atoms with Crippen molar-refractivity contribution in [2.45, 2.75) is 51.6 Å². The monoisotopic (exact) mass is 1080 g/mol. The molecule has 0 aliphatic rings. The van der Waals surface area contributed by atoms with Crippen LogP contribution in [0.3, 0.4) is 0 Å². The number of hydrogen-bond acceptors (Lipinski definition) is 8. The molecule has 0 aliphatic heterocycles. The fraction of sp³-hybridized carbons (Fsp3) is 0.121. The predicted molar refractivity (Wildman–Crippen MR) is 284 cm³/mol. The van der Waals surface area contributed by atoms with Crippen LogP contribution in [0.15, 0.2) is 255 Å². The lowest BCUT2D eigenvalue weighted by Gasteiger charge is -2.19. The van der Waals surface area contributed by atoms with Crippen LogP contribution in [-0.4, -0.2) is 0 Å². The summed E-state index contributed by atoms with van der Waals surface area (Å²) in [6.45, 7) is 2.05. The SMILES string of the molecule is [O-][Cl+3]([O-])([O-])[O-].[O-][Cl+3]([O-])([O-])[O-].c1ccc(-c2cc(-c3ccccc3)c(-c3cc[n+](CCCCCCCC[n+]4ccc(-c5c(-c6ccccc6)cc(-c6ccccc6)cc5-c5ccccc5)cc4)cc3)c(-c3ccccc3)c2)cc1. The van der Waals surface area contributed by atoms with Crippen LogP contribution in [0.2, 0.25) is 0 Å². The third-order valence-electron chi connectivity index (χ3n) is 13.3. The molecule has 0 saturated carbocycles. The second-order valence-electron chi connectivity index (χ2n) is 18.6. The number of hydrogen-bond donors (Lipinski definition) is 0. The molecule has 0 atom stereocenters. The average Bonchev–Trinajstić information content (AvgIpc) is 3.51. The van der Waals surface area contributed by atoms with Crippen molar-refractivity contribution in [2.75, 3.05) is 0 Å². The van der Waals surface area contributed by atoms with Gasteiger partial charge in [-0.25, -0.2) is 46.4 Å². The molecule has 0 spiro atoms. The summed E-state index contributed by atoms with van der Waals surface area (Å²) in [5.41, 5.74) is 19.8. The minimum atomic E-state index is -4.94. The molecule has 8 aromatic carbocycles. The molecule has 0 unspecified atom stereocenters. The van der Waals surface area contributed by atoms with Gasteiger partial charge in [0, 0.05) is 37.1 Å². The van der Waals surface area contributed by atoms with E-state index in [1.54, 1.807) is 0 Å². The van der Waals surface area contributed by atoms with Crippen molar-refractivity contribution < 1.29 is 66.9 Å². The van der Waals surface area contributed by atoms with Crippen LogP contribution in [0.5, 0.6) is 0 Å². The lowest BCUT2D eigenvalue weighted by atomic mass is 9.85. The van der Waals surface area contributed by atoms with Gasteiger partial charge in [0.25, 0.3) is 0 Å². The van der Waals surface area contributed by atoms with E-state index in [4.69, 9.17) is 37.3 Å². The van der Waals surface area contributed by atoms with Gasteiger partial charge in [-0.1, -0.05) is 195 Å². The summed E-state index contributed by atoms with van der Waals surface area (Å²) in [6.07, 6.45) is 16.5. The topological polar surface area (TPSA) is 192 Å². The number of nitrogens with zero attached hydrogens (tertiary/aromatic N) is 2. The van der Waals surface area contributed by atoms with Gasteiger partial charge in [0.05, 0.1) is 0 Å². The van der Waals surface area contributed by atoms with Crippen LogP contribution in [0.25, 0.3) is 89.0 Å². The van der Waals surface area contributed by atoms with Crippen molar-refractivity contribution >= 4 is 0 Å². The highest BCUT2D eigenvalue weighted by atomic mass is 35.7. The molecule has 2 aromatic heterocycles. The highest BCUT2D eigenvalue weighted by Gasteiger charge is 2.20. The van der Waals surface area contributed by atoms with Gasteiger partial charge in [0.15, 0.2) is 24.8 Å². The zero-order valence-electron chi connectivity index (χ0n) is 42.8. The molecule has 12 heteroatoms. The van der Waals surface area contributed by atoms with E-state index >= 15 is 0 Å². The number of halogens is 2. The molecule has 10 aromatic rings. The lowest BCUT2D eigenvalue weighted by molar-refractivity contribution is -2.00. The van der Waals surface area contributed by atoms with Crippen molar-refractivity contribution in [3.8, 4) is 89.0 Å². The molecular weight excluding hydrogens is 1020 g/mol. The standard InChI is InChI=1S/C66H58N2.2ClHO4/c1(3-23-41-67-43-37-57(38-44-67)65-61(53-29-15-7-16-30-53)47-59(51-25-11-5-12-26-51)48-62(65)54-31-17-8-18-32-54)2-4-24-42-68-45-39-58(40-46-68)66-63(55-33-19-9-20-34-55)49-60(52-27-13-6-14-28-52)50-64(66)56-35-21-10-22-36-56;2*2-1(3,4)5/h5-22,25-40,43-50H,1-4,23-24,41-42H2;2*(H,2,3,4,5)/q+2;;/p-2. The summed E-state index contributed by atoms with van der Waals surface area (Å²) in [4.78, 5) is 0. The minimum Gasteiger partial charge on any atom is -0.222 e. The summed E-state index contributed by atoms with van der Waals surface area (Å²) in [7, 11) is -9.89. The van der Waals surface area contributed by atoms with Gasteiger partial charge in [-0.2, -0.15) is 0 Å². The molecule has 394 valence electrons. The predicted octanol–water partition coefficient (Wildman–Crippen LogP) is 7.13. The Hall–Kier alpha value is -7.68. The Bertz CT molecular complexity index is 3040. The smallest absolute Gasteiger partial charge is 0.169 e. The van der Waals surface area contributed by atoms with Gasteiger partial charge in [-0.15, -0.1) is 20.5 Å². The van der Waals surface area contributed by atoms with Gasteiger partial charge in [0.2, 0.25) is 0 Å². The Kier molecular flexibility index (Phi) is 20.0. The molecule has 0 radical (unpaired) electrons. The maximum atomic E-state index is 8.49. The quantitative estimate of drug-likeness (QED) is 0.0680. The zero-order valence-corrected chi connectivity index (χ0v) is 44.3. The van der Waals surface area contributed by atoms with E-state index in [-0.39, 0.29) is 0 Å². The molecule has 0 aliphatic carbocycles. The van der Waals surface area contributed by atoms with E-state index < -0.39 is 20.5 Å². The Morgan fingerprint density at radius 2 is 0.436 bits per heavy atom. The number of aromatic nitrogens is 2. The maximum absolute atomic E-state index is 8.49. The van der Waals surface area contributed by atoms with E-state index in [0.29, 0.717) is 0 Å². The fourth-order valence-electron chi connectivity index (χ4n) is 9.72. The van der Waals surface area contributed by atoms with Gasteiger partial charge < -0.3 is 0 Å². The highest BCUT2D eigenvalue weighted by Crippen LogP contribution is 2.45. The van der Waals surface area contributed by atoms with Gasteiger partial charge >= 0.3 is 0 Å². The van der Waals surface area contributed by atoms with Gasteiger partial charge in [-0.05, 0) is 126 Å². The van der Waals surface area contributed by atoms with Crippen LogP contribution in [0.4, 0.5) is 0 Å². The molecule has 0 amide bonds. The van der Waals surface area contributed by atoms with Crippen LogP contribution >= 0.6 is 0 Å². The van der Waals surface area contributed by atoms with E-state index in [0.717, 1.165) is 13.1 Å². The first-order valence-electron chi connectivity index (χ1n) is 25.7. The molecule has 10 nitrogen and oxygen atoms in total.